The summed E-state index contributed by atoms with van der Waals surface area (Å²) < 4.78 is 16.0. The van der Waals surface area contributed by atoms with E-state index in [0.717, 1.165) is 11.3 Å². The number of hydrogen-bond donors (Lipinski definition) is 2. The van der Waals surface area contributed by atoms with Crippen LogP contribution in [0.15, 0.2) is 42.5 Å². The minimum atomic E-state index is -0.621. The zero-order valence-electron chi connectivity index (χ0n) is 13.8. The average molecular weight is 352 g/mol. The van der Waals surface area contributed by atoms with Crippen molar-refractivity contribution < 1.29 is 19.3 Å². The maximum atomic E-state index is 9.98. The van der Waals surface area contributed by atoms with E-state index < -0.39 is 6.10 Å². The zero-order chi connectivity index (χ0) is 17.4. The molecule has 0 heterocycles. The fraction of sp³-hybridized carbons (Fsp3) is 0.333. The molecule has 2 aromatic carbocycles. The van der Waals surface area contributed by atoms with Gasteiger partial charge in [-0.3, -0.25) is 0 Å². The van der Waals surface area contributed by atoms with Crippen LogP contribution in [-0.4, -0.2) is 38.6 Å². The molecule has 0 aliphatic heterocycles. The van der Waals surface area contributed by atoms with Crippen molar-refractivity contribution in [2.24, 2.45) is 0 Å². The largest absolute Gasteiger partial charge is 0.493 e. The van der Waals surface area contributed by atoms with Crippen LogP contribution in [0.25, 0.3) is 0 Å². The fourth-order valence-electron chi connectivity index (χ4n) is 2.17. The number of methoxy groups -OCH3 is 2. The van der Waals surface area contributed by atoms with Crippen LogP contribution in [0.5, 0.6) is 17.2 Å². The normalized spacial score (nSPS) is 11.8. The first-order valence-corrected chi connectivity index (χ1v) is 7.99. The van der Waals surface area contributed by atoms with E-state index >= 15 is 0 Å². The van der Waals surface area contributed by atoms with E-state index in [9.17, 15) is 5.11 Å². The number of nitrogens with one attached hydrogen (secondary N) is 1. The maximum Gasteiger partial charge on any atom is 0.162 e. The molecule has 130 valence electrons. The van der Waals surface area contributed by atoms with Gasteiger partial charge in [0.2, 0.25) is 0 Å². The molecule has 0 spiro atoms. The van der Waals surface area contributed by atoms with E-state index in [2.05, 4.69) is 5.32 Å². The standard InChI is InChI=1S/C18H22ClNO4/c1-22-17-8-13(16(19)9-18(17)23-2)10-20-11-14(21)12-24-15-6-4-3-5-7-15/h3-9,14,20-21H,10-12H2,1-2H3. The van der Waals surface area contributed by atoms with Crippen LogP contribution in [0.4, 0.5) is 0 Å². The highest BCUT2D eigenvalue weighted by atomic mass is 35.5. The van der Waals surface area contributed by atoms with Gasteiger partial charge < -0.3 is 24.6 Å². The van der Waals surface area contributed by atoms with Crippen LogP contribution in [0.3, 0.4) is 0 Å². The minimum Gasteiger partial charge on any atom is -0.493 e. The van der Waals surface area contributed by atoms with E-state index in [-0.39, 0.29) is 6.61 Å². The lowest BCUT2D eigenvalue weighted by Crippen LogP contribution is -2.31. The summed E-state index contributed by atoms with van der Waals surface area (Å²) in [5.41, 5.74) is 0.866. The van der Waals surface area contributed by atoms with Gasteiger partial charge in [-0.2, -0.15) is 0 Å². The molecule has 2 N–H and O–H groups in total. The lowest BCUT2D eigenvalue weighted by molar-refractivity contribution is 0.106. The predicted molar refractivity (Wildman–Crippen MR) is 94.2 cm³/mol. The molecule has 1 unspecified atom stereocenters. The Morgan fingerprint density at radius 2 is 1.75 bits per heavy atom. The Morgan fingerprint density at radius 1 is 1.08 bits per heavy atom. The molecule has 0 saturated heterocycles. The molecular weight excluding hydrogens is 330 g/mol. The molecular formula is C18H22ClNO4. The lowest BCUT2D eigenvalue weighted by atomic mass is 10.2. The summed E-state index contributed by atoms with van der Waals surface area (Å²) in [4.78, 5) is 0. The SMILES string of the molecule is COc1cc(Cl)c(CNCC(O)COc2ccccc2)cc1OC. The fourth-order valence-corrected chi connectivity index (χ4v) is 2.39. The van der Waals surface area contributed by atoms with Crippen LogP contribution in [0, 0.1) is 0 Å². The Hall–Kier alpha value is -1.95. The van der Waals surface area contributed by atoms with Gasteiger partial charge in [0.25, 0.3) is 0 Å². The molecule has 1 atom stereocenters. The predicted octanol–water partition coefficient (Wildman–Crippen LogP) is 2.89. The van der Waals surface area contributed by atoms with Crippen LogP contribution in [0.2, 0.25) is 5.02 Å². The van der Waals surface area contributed by atoms with E-state index in [1.807, 2.05) is 36.4 Å². The monoisotopic (exact) mass is 351 g/mol. The number of hydrogen-bond acceptors (Lipinski definition) is 5. The van der Waals surface area contributed by atoms with Crippen LogP contribution in [-0.2, 0) is 6.54 Å². The van der Waals surface area contributed by atoms with E-state index in [1.54, 1.807) is 20.3 Å². The molecule has 0 aromatic heterocycles. The second-order valence-corrected chi connectivity index (χ2v) is 5.61. The van der Waals surface area contributed by atoms with Gasteiger partial charge >= 0.3 is 0 Å². The minimum absolute atomic E-state index is 0.219. The highest BCUT2D eigenvalue weighted by molar-refractivity contribution is 6.31. The first kappa shape index (κ1) is 18.4. The zero-order valence-corrected chi connectivity index (χ0v) is 14.5. The van der Waals surface area contributed by atoms with Gasteiger partial charge in [0.15, 0.2) is 11.5 Å². The van der Waals surface area contributed by atoms with Gasteiger partial charge in [-0.15, -0.1) is 0 Å². The highest BCUT2D eigenvalue weighted by Gasteiger charge is 2.11. The van der Waals surface area contributed by atoms with Crippen molar-refractivity contribution in [3.05, 3.63) is 53.1 Å². The van der Waals surface area contributed by atoms with Crippen molar-refractivity contribution in [2.75, 3.05) is 27.4 Å². The summed E-state index contributed by atoms with van der Waals surface area (Å²) in [6, 6.07) is 12.9. The van der Waals surface area contributed by atoms with Gasteiger partial charge in [-0.1, -0.05) is 29.8 Å². The van der Waals surface area contributed by atoms with Crippen molar-refractivity contribution >= 4 is 11.6 Å². The molecule has 0 saturated carbocycles. The molecule has 0 amide bonds. The topological polar surface area (TPSA) is 60.0 Å². The molecule has 0 aliphatic rings. The summed E-state index contributed by atoms with van der Waals surface area (Å²) in [7, 11) is 3.14. The number of aliphatic hydroxyl groups is 1. The lowest BCUT2D eigenvalue weighted by Gasteiger charge is -2.15. The number of ether oxygens (including phenoxy) is 3. The summed E-state index contributed by atoms with van der Waals surface area (Å²) in [6.45, 7) is 1.11. The van der Waals surface area contributed by atoms with Gasteiger partial charge in [0.05, 0.1) is 14.2 Å². The molecule has 5 nitrogen and oxygen atoms in total. The van der Waals surface area contributed by atoms with Crippen molar-refractivity contribution in [3.8, 4) is 17.2 Å². The number of benzene rings is 2. The first-order chi connectivity index (χ1) is 11.6. The van der Waals surface area contributed by atoms with Crippen molar-refractivity contribution in [1.29, 1.82) is 0 Å². The second kappa shape index (κ2) is 9.37. The molecule has 2 aromatic rings. The van der Waals surface area contributed by atoms with E-state index in [0.29, 0.717) is 29.6 Å². The smallest absolute Gasteiger partial charge is 0.162 e. The van der Waals surface area contributed by atoms with Crippen LogP contribution >= 0.6 is 11.6 Å². The Morgan fingerprint density at radius 3 is 2.42 bits per heavy atom. The highest BCUT2D eigenvalue weighted by Crippen LogP contribution is 2.32. The molecule has 0 fully saturated rings. The molecule has 0 radical (unpaired) electrons. The summed E-state index contributed by atoms with van der Waals surface area (Å²) in [5, 5.41) is 13.7. The quantitative estimate of drug-likeness (QED) is 0.727. The second-order valence-electron chi connectivity index (χ2n) is 5.21. The van der Waals surface area contributed by atoms with Crippen LogP contribution < -0.4 is 19.5 Å². The number of aliphatic hydroxyl groups excluding tert-OH is 1. The van der Waals surface area contributed by atoms with Gasteiger partial charge in [-0.25, -0.2) is 0 Å². The van der Waals surface area contributed by atoms with Crippen molar-refractivity contribution in [2.45, 2.75) is 12.6 Å². The van der Waals surface area contributed by atoms with Crippen molar-refractivity contribution in [1.82, 2.24) is 5.32 Å². The number of rotatable bonds is 9. The van der Waals surface area contributed by atoms with E-state index in [4.69, 9.17) is 25.8 Å². The van der Waals surface area contributed by atoms with Crippen molar-refractivity contribution in [3.63, 3.8) is 0 Å². The number of para-hydroxylation sites is 1. The first-order valence-electron chi connectivity index (χ1n) is 7.61. The summed E-state index contributed by atoms with van der Waals surface area (Å²) in [6.07, 6.45) is -0.621. The van der Waals surface area contributed by atoms with Gasteiger partial charge in [-0.05, 0) is 23.8 Å². The molecule has 0 bridgehead atoms. The van der Waals surface area contributed by atoms with Gasteiger partial charge in [0, 0.05) is 24.2 Å². The Kier molecular flexibility index (Phi) is 7.18. The maximum absolute atomic E-state index is 9.98. The summed E-state index contributed by atoms with van der Waals surface area (Å²) >= 11 is 6.23. The third kappa shape index (κ3) is 5.30. The third-order valence-corrected chi connectivity index (χ3v) is 3.79. The average Bonchev–Trinajstić information content (AvgIpc) is 2.61. The summed E-state index contributed by atoms with van der Waals surface area (Å²) in [5.74, 6) is 1.94. The van der Waals surface area contributed by atoms with Crippen LogP contribution in [0.1, 0.15) is 5.56 Å². The Balaban J connectivity index is 1.81. The molecule has 6 heteroatoms. The Labute approximate surface area is 147 Å². The third-order valence-electron chi connectivity index (χ3n) is 3.43. The Bertz CT molecular complexity index is 636. The van der Waals surface area contributed by atoms with E-state index in [1.165, 1.54) is 0 Å². The molecule has 24 heavy (non-hydrogen) atoms. The van der Waals surface area contributed by atoms with Gasteiger partial charge in [0.1, 0.15) is 18.5 Å². The molecule has 0 aliphatic carbocycles. The molecule has 2 rings (SSSR count). The number of halogens is 1.